The molecular weight excluding hydrogens is 422 g/mol. The van der Waals surface area contributed by atoms with Crippen molar-refractivity contribution >= 4 is 23.0 Å². The Kier molecular flexibility index (Phi) is 5.33. The second-order valence-electron chi connectivity index (χ2n) is 9.83. The van der Waals surface area contributed by atoms with Crippen molar-refractivity contribution in [2.24, 2.45) is 17.8 Å². The van der Waals surface area contributed by atoms with Crippen LogP contribution in [0.4, 0.5) is 0 Å². The van der Waals surface area contributed by atoms with Gasteiger partial charge in [-0.3, -0.25) is 4.79 Å². The van der Waals surface area contributed by atoms with E-state index < -0.39 is 0 Å². The lowest BCUT2D eigenvalue weighted by atomic mass is 9.84. The molecule has 2 bridgehead atoms. The number of amides is 1. The Morgan fingerprint density at radius 1 is 1.12 bits per heavy atom. The summed E-state index contributed by atoms with van der Waals surface area (Å²) < 4.78 is 7.93. The van der Waals surface area contributed by atoms with Crippen molar-refractivity contribution in [1.29, 1.82) is 0 Å². The van der Waals surface area contributed by atoms with E-state index in [2.05, 4.69) is 12.2 Å². The van der Waals surface area contributed by atoms with Crippen LogP contribution in [-0.2, 0) is 4.79 Å². The van der Waals surface area contributed by atoms with Gasteiger partial charge in [0.15, 0.2) is 5.76 Å². The molecule has 4 atom stereocenters. The lowest BCUT2D eigenvalue weighted by Gasteiger charge is -2.28. The Labute approximate surface area is 199 Å². The molecule has 1 N–H and O–H groups in total. The average Bonchev–Trinajstić information content (AvgIpc) is 3.65. The number of furan rings is 1. The van der Waals surface area contributed by atoms with Crippen LogP contribution in [0.15, 0.2) is 77.4 Å². The summed E-state index contributed by atoms with van der Waals surface area (Å²) in [7, 11) is 0. The standard InChI is InChI=1S/C29H29N3O2/c1-19(25-16-20-11-12-21(25)15-20)30-28(33)14-13-23-18-32(24-8-3-2-4-9-24)31-29(23)27-17-22-7-5-6-10-26(22)34-27/h2-10,13-14,17-21,25H,11-12,15-16H2,1H3,(H,30,33)/b14-13+/t19-,20-,21+,25-/m1/s1. The minimum Gasteiger partial charge on any atom is -0.454 e. The largest absolute Gasteiger partial charge is 0.454 e. The Balaban J connectivity index is 1.27. The van der Waals surface area contributed by atoms with Crippen LogP contribution in [0.25, 0.3) is 34.2 Å². The van der Waals surface area contributed by atoms with E-state index in [1.165, 1.54) is 25.7 Å². The average molecular weight is 452 g/mol. The molecule has 2 aromatic heterocycles. The Morgan fingerprint density at radius 3 is 2.71 bits per heavy atom. The summed E-state index contributed by atoms with van der Waals surface area (Å²) >= 11 is 0. The zero-order chi connectivity index (χ0) is 23.1. The summed E-state index contributed by atoms with van der Waals surface area (Å²) in [5.41, 5.74) is 3.32. The second kappa shape index (κ2) is 8.64. The predicted octanol–water partition coefficient (Wildman–Crippen LogP) is 6.24. The van der Waals surface area contributed by atoms with Crippen molar-refractivity contribution in [3.8, 4) is 17.1 Å². The highest BCUT2D eigenvalue weighted by molar-refractivity contribution is 5.93. The van der Waals surface area contributed by atoms with E-state index in [0.717, 1.165) is 34.1 Å². The van der Waals surface area contributed by atoms with Crippen molar-refractivity contribution in [3.63, 3.8) is 0 Å². The Morgan fingerprint density at radius 2 is 1.94 bits per heavy atom. The third kappa shape index (κ3) is 3.96. The number of fused-ring (bicyclic) bond motifs is 3. The van der Waals surface area contributed by atoms with E-state index in [0.29, 0.717) is 17.4 Å². The lowest BCUT2D eigenvalue weighted by Crippen LogP contribution is -2.39. The molecule has 6 rings (SSSR count). The lowest BCUT2D eigenvalue weighted by molar-refractivity contribution is -0.117. The van der Waals surface area contributed by atoms with Crippen molar-refractivity contribution in [1.82, 2.24) is 15.1 Å². The number of rotatable bonds is 6. The van der Waals surface area contributed by atoms with Gasteiger partial charge in [-0.2, -0.15) is 5.10 Å². The summed E-state index contributed by atoms with van der Waals surface area (Å²) in [6.45, 7) is 2.16. The van der Waals surface area contributed by atoms with Gasteiger partial charge >= 0.3 is 0 Å². The maximum atomic E-state index is 12.8. The molecule has 0 radical (unpaired) electrons. The Hall–Kier alpha value is -3.60. The Bertz CT molecular complexity index is 1320. The molecule has 2 heterocycles. The molecule has 2 aromatic carbocycles. The van der Waals surface area contributed by atoms with Gasteiger partial charge in [-0.15, -0.1) is 0 Å². The van der Waals surface area contributed by atoms with Crippen LogP contribution in [-0.4, -0.2) is 21.7 Å². The minimum atomic E-state index is -0.0571. The summed E-state index contributed by atoms with van der Waals surface area (Å²) in [5.74, 6) is 2.90. The molecule has 2 aliphatic carbocycles. The van der Waals surface area contributed by atoms with Gasteiger partial charge in [0.1, 0.15) is 11.3 Å². The van der Waals surface area contributed by atoms with Crippen LogP contribution < -0.4 is 5.32 Å². The fourth-order valence-electron chi connectivity index (χ4n) is 5.96. The summed E-state index contributed by atoms with van der Waals surface area (Å²) in [5, 5.41) is 9.06. The number of para-hydroxylation sites is 2. The van der Waals surface area contributed by atoms with E-state index in [9.17, 15) is 4.79 Å². The normalized spacial score (nSPS) is 22.6. The number of benzene rings is 2. The van der Waals surface area contributed by atoms with E-state index in [1.807, 2.05) is 77.6 Å². The summed E-state index contributed by atoms with van der Waals surface area (Å²) in [6.07, 6.45) is 10.7. The van der Waals surface area contributed by atoms with Gasteiger partial charge in [-0.25, -0.2) is 4.68 Å². The quantitative estimate of drug-likeness (QED) is 0.353. The van der Waals surface area contributed by atoms with Crippen LogP contribution >= 0.6 is 0 Å². The third-order valence-electron chi connectivity index (χ3n) is 7.64. The first-order valence-electron chi connectivity index (χ1n) is 12.3. The zero-order valence-electron chi connectivity index (χ0n) is 19.4. The highest BCUT2D eigenvalue weighted by atomic mass is 16.3. The molecule has 5 heteroatoms. The molecule has 34 heavy (non-hydrogen) atoms. The van der Waals surface area contributed by atoms with Crippen molar-refractivity contribution in [3.05, 3.63) is 78.5 Å². The molecule has 4 aromatic rings. The molecule has 0 unspecified atom stereocenters. The third-order valence-corrected chi connectivity index (χ3v) is 7.64. The van der Waals surface area contributed by atoms with Gasteiger partial charge in [-0.05, 0) is 74.3 Å². The van der Waals surface area contributed by atoms with Crippen molar-refractivity contribution in [2.75, 3.05) is 0 Å². The first-order chi connectivity index (χ1) is 16.6. The van der Waals surface area contributed by atoms with E-state index in [1.54, 1.807) is 6.08 Å². The predicted molar refractivity (Wildman–Crippen MR) is 134 cm³/mol. The van der Waals surface area contributed by atoms with Crippen LogP contribution in [0.2, 0.25) is 0 Å². The number of hydrogen-bond acceptors (Lipinski definition) is 3. The smallest absolute Gasteiger partial charge is 0.244 e. The molecular formula is C29H29N3O2. The number of nitrogens with one attached hydrogen (secondary N) is 1. The fraction of sp³-hybridized carbons (Fsp3) is 0.310. The summed E-state index contributed by atoms with van der Waals surface area (Å²) in [6, 6.07) is 20.1. The highest BCUT2D eigenvalue weighted by Crippen LogP contribution is 2.49. The molecule has 5 nitrogen and oxygen atoms in total. The van der Waals surface area contributed by atoms with Crippen molar-refractivity contribution < 1.29 is 9.21 Å². The highest BCUT2D eigenvalue weighted by Gasteiger charge is 2.42. The molecule has 2 aliphatic rings. The fourth-order valence-corrected chi connectivity index (χ4v) is 5.96. The molecule has 172 valence electrons. The SMILES string of the molecule is C[C@@H](NC(=O)/C=C/c1cn(-c2ccccc2)nc1-c1cc2ccccc2o1)[C@H]1C[C@@H]2CC[C@H]1C2. The topological polar surface area (TPSA) is 60.1 Å². The van der Waals surface area contributed by atoms with Gasteiger partial charge in [0.2, 0.25) is 5.91 Å². The van der Waals surface area contributed by atoms with Gasteiger partial charge < -0.3 is 9.73 Å². The van der Waals surface area contributed by atoms with Gasteiger partial charge in [0, 0.05) is 29.3 Å². The second-order valence-corrected chi connectivity index (χ2v) is 9.83. The zero-order valence-corrected chi connectivity index (χ0v) is 19.4. The van der Waals surface area contributed by atoms with Crippen LogP contribution in [0.3, 0.4) is 0 Å². The van der Waals surface area contributed by atoms with Crippen molar-refractivity contribution in [2.45, 2.75) is 38.6 Å². The maximum Gasteiger partial charge on any atom is 0.244 e. The van der Waals surface area contributed by atoms with Gasteiger partial charge in [0.25, 0.3) is 0 Å². The molecule has 2 fully saturated rings. The number of hydrogen-bond donors (Lipinski definition) is 1. The van der Waals surface area contributed by atoms with Gasteiger partial charge in [0.05, 0.1) is 5.69 Å². The van der Waals surface area contributed by atoms with Crippen LogP contribution in [0.1, 0.15) is 38.2 Å². The van der Waals surface area contributed by atoms with Crippen LogP contribution in [0, 0.1) is 17.8 Å². The van der Waals surface area contributed by atoms with E-state index >= 15 is 0 Å². The molecule has 2 saturated carbocycles. The molecule has 0 aliphatic heterocycles. The number of carbonyl (C=O) groups is 1. The molecule has 0 spiro atoms. The van der Waals surface area contributed by atoms with E-state index in [4.69, 9.17) is 9.52 Å². The first-order valence-corrected chi connectivity index (χ1v) is 12.3. The molecule has 0 saturated heterocycles. The number of aromatic nitrogens is 2. The monoisotopic (exact) mass is 451 g/mol. The molecule has 1 amide bonds. The first kappa shape index (κ1) is 21.0. The minimum absolute atomic E-state index is 0.0571. The maximum absolute atomic E-state index is 12.8. The summed E-state index contributed by atoms with van der Waals surface area (Å²) in [4.78, 5) is 12.8. The van der Waals surface area contributed by atoms with Gasteiger partial charge in [-0.1, -0.05) is 42.8 Å². The van der Waals surface area contributed by atoms with Crippen LogP contribution in [0.5, 0.6) is 0 Å². The van der Waals surface area contributed by atoms with E-state index in [-0.39, 0.29) is 11.9 Å². The number of carbonyl (C=O) groups excluding carboxylic acids is 1. The number of nitrogens with zero attached hydrogens (tertiary/aromatic N) is 2.